The third-order valence-corrected chi connectivity index (χ3v) is 3.69. The summed E-state index contributed by atoms with van der Waals surface area (Å²) in [4.78, 5) is 30.4. The van der Waals surface area contributed by atoms with E-state index in [4.69, 9.17) is 0 Å². The predicted octanol–water partition coefficient (Wildman–Crippen LogP) is 2.39. The highest BCUT2D eigenvalue weighted by atomic mass is 16.6. The van der Waals surface area contributed by atoms with Gasteiger partial charge in [-0.15, -0.1) is 0 Å². The Morgan fingerprint density at radius 2 is 1.81 bits per heavy atom. The lowest BCUT2D eigenvalue weighted by atomic mass is 10.2. The minimum atomic E-state index is -0.795. The van der Waals surface area contributed by atoms with Crippen LogP contribution >= 0.6 is 0 Å². The first-order valence-electron chi connectivity index (χ1n) is 7.82. The molecule has 1 heterocycles. The third kappa shape index (κ3) is 3.98. The lowest BCUT2D eigenvalue weighted by molar-refractivity contribution is -0.384. The molecule has 0 saturated carbocycles. The molecule has 0 aliphatic heterocycles. The van der Waals surface area contributed by atoms with Crippen LogP contribution in [0.4, 0.5) is 5.69 Å². The molecule has 3 aromatic rings. The molecule has 0 bridgehead atoms. The second kappa shape index (κ2) is 7.48. The summed E-state index contributed by atoms with van der Waals surface area (Å²) >= 11 is 0. The number of carbonyl (C=O) groups excluding carboxylic acids is 1. The fraction of sp³-hybridized carbons (Fsp3) is 0.0556. The number of hydrogen-bond acceptors (Lipinski definition) is 7. The summed E-state index contributed by atoms with van der Waals surface area (Å²) in [5.74, 6) is -2.41. The van der Waals surface area contributed by atoms with E-state index in [1.807, 2.05) is 30.3 Å². The van der Waals surface area contributed by atoms with E-state index in [-0.39, 0.29) is 23.6 Å². The number of nitro groups is 1. The van der Waals surface area contributed by atoms with Crippen molar-refractivity contribution in [3.63, 3.8) is 0 Å². The average Bonchev–Trinajstić information content (AvgIpc) is 2.69. The number of nitrogens with zero attached hydrogens (tertiary/aromatic N) is 3. The number of benzene rings is 2. The molecule has 0 aliphatic rings. The molecule has 0 unspecified atom stereocenters. The van der Waals surface area contributed by atoms with Crippen LogP contribution in [0.1, 0.15) is 16.1 Å². The smallest absolute Gasteiger partial charge is 0.274 e. The van der Waals surface area contributed by atoms with Gasteiger partial charge in [0.1, 0.15) is 0 Å². The number of rotatable bonds is 5. The quantitative estimate of drug-likeness (QED) is 0.465. The molecule has 2 aromatic carbocycles. The lowest BCUT2D eigenvalue weighted by Gasteiger charge is -2.09. The van der Waals surface area contributed by atoms with Gasteiger partial charge in [-0.3, -0.25) is 14.9 Å². The zero-order chi connectivity index (χ0) is 19.4. The first-order chi connectivity index (χ1) is 13.0. The molecule has 3 rings (SSSR count). The van der Waals surface area contributed by atoms with Crippen LogP contribution in [0.15, 0.2) is 54.6 Å². The Kier molecular flexibility index (Phi) is 4.93. The molecule has 3 N–H and O–H groups in total. The van der Waals surface area contributed by atoms with Crippen molar-refractivity contribution in [1.82, 2.24) is 15.3 Å². The fourth-order valence-corrected chi connectivity index (χ4v) is 2.35. The van der Waals surface area contributed by atoms with E-state index in [0.717, 1.165) is 5.56 Å². The molecule has 0 fully saturated rings. The van der Waals surface area contributed by atoms with Crippen molar-refractivity contribution < 1.29 is 19.9 Å². The highest BCUT2D eigenvalue weighted by molar-refractivity contribution is 5.95. The van der Waals surface area contributed by atoms with Crippen LogP contribution in [0, 0.1) is 10.1 Å². The average molecular weight is 366 g/mol. The number of non-ortho nitro benzene ring substituents is 1. The molecule has 0 radical (unpaired) electrons. The molecule has 0 atom stereocenters. The second-order valence-electron chi connectivity index (χ2n) is 5.54. The number of aromatic nitrogens is 2. The maximum absolute atomic E-state index is 12.4. The molecular weight excluding hydrogens is 352 g/mol. The fourth-order valence-electron chi connectivity index (χ4n) is 2.35. The van der Waals surface area contributed by atoms with Crippen LogP contribution in [0.5, 0.6) is 11.6 Å². The van der Waals surface area contributed by atoms with E-state index >= 15 is 0 Å². The summed E-state index contributed by atoms with van der Waals surface area (Å²) in [6.45, 7) is 0.190. The molecule has 27 heavy (non-hydrogen) atoms. The molecule has 1 aromatic heterocycles. The minimum Gasteiger partial charge on any atom is -0.501 e. The van der Waals surface area contributed by atoms with Gasteiger partial charge in [-0.1, -0.05) is 42.5 Å². The van der Waals surface area contributed by atoms with Gasteiger partial charge in [0.2, 0.25) is 5.75 Å². The van der Waals surface area contributed by atoms with E-state index in [9.17, 15) is 25.1 Å². The normalized spacial score (nSPS) is 10.4. The van der Waals surface area contributed by atoms with Crippen molar-refractivity contribution in [3.05, 3.63) is 76.0 Å². The largest absolute Gasteiger partial charge is 0.501 e. The van der Waals surface area contributed by atoms with Gasteiger partial charge in [-0.05, 0) is 5.56 Å². The number of nitro benzene ring substituents is 1. The summed E-state index contributed by atoms with van der Waals surface area (Å²) in [6.07, 6.45) is 0. The van der Waals surface area contributed by atoms with Crippen LogP contribution in [-0.2, 0) is 6.54 Å². The Labute approximate surface area is 153 Å². The van der Waals surface area contributed by atoms with Crippen molar-refractivity contribution in [2.24, 2.45) is 0 Å². The van der Waals surface area contributed by atoms with Gasteiger partial charge in [-0.2, -0.15) is 4.98 Å². The Hall–Kier alpha value is -4.01. The summed E-state index contributed by atoms with van der Waals surface area (Å²) in [5, 5.41) is 33.3. The SMILES string of the molecule is O=C(NCc1ccccc1)c1nc(-c2cccc([N+](=O)[O-])c2)nc(O)c1O. The summed E-state index contributed by atoms with van der Waals surface area (Å²) in [5.41, 5.74) is 0.429. The molecular formula is C18H14N4O5. The molecule has 9 heteroatoms. The van der Waals surface area contributed by atoms with E-state index in [1.165, 1.54) is 24.3 Å². The predicted molar refractivity (Wildman–Crippen MR) is 95.1 cm³/mol. The number of aromatic hydroxyl groups is 2. The number of hydrogen-bond donors (Lipinski definition) is 3. The van der Waals surface area contributed by atoms with Gasteiger partial charge in [0.15, 0.2) is 11.5 Å². The number of amides is 1. The van der Waals surface area contributed by atoms with Gasteiger partial charge in [0.05, 0.1) is 4.92 Å². The van der Waals surface area contributed by atoms with Crippen LogP contribution < -0.4 is 5.32 Å². The first kappa shape index (κ1) is 17.8. The van der Waals surface area contributed by atoms with Crippen LogP contribution in [0.3, 0.4) is 0 Å². The van der Waals surface area contributed by atoms with Crippen molar-refractivity contribution >= 4 is 11.6 Å². The summed E-state index contributed by atoms with van der Waals surface area (Å²) < 4.78 is 0. The van der Waals surface area contributed by atoms with Crippen molar-refractivity contribution in [2.75, 3.05) is 0 Å². The van der Waals surface area contributed by atoms with Crippen LogP contribution in [-0.4, -0.2) is 31.0 Å². The summed E-state index contributed by atoms with van der Waals surface area (Å²) in [7, 11) is 0. The topological polar surface area (TPSA) is 138 Å². The van der Waals surface area contributed by atoms with Gasteiger partial charge < -0.3 is 15.5 Å². The Balaban J connectivity index is 1.91. The van der Waals surface area contributed by atoms with Gasteiger partial charge in [0.25, 0.3) is 17.5 Å². The highest BCUT2D eigenvalue weighted by Crippen LogP contribution is 2.29. The standard InChI is InChI=1S/C18H14N4O5/c23-15-14(17(24)19-10-11-5-2-1-3-6-11)20-16(21-18(15)25)12-7-4-8-13(9-12)22(26)27/h1-9,23H,10H2,(H,19,24)(H,20,21,25). The van der Waals surface area contributed by atoms with E-state index in [0.29, 0.717) is 0 Å². The van der Waals surface area contributed by atoms with Crippen LogP contribution in [0.2, 0.25) is 0 Å². The molecule has 0 aliphatic carbocycles. The molecule has 1 amide bonds. The molecule has 9 nitrogen and oxygen atoms in total. The number of nitrogens with one attached hydrogen (secondary N) is 1. The zero-order valence-corrected chi connectivity index (χ0v) is 13.9. The van der Waals surface area contributed by atoms with Crippen molar-refractivity contribution in [2.45, 2.75) is 6.54 Å². The first-order valence-corrected chi connectivity index (χ1v) is 7.82. The Morgan fingerprint density at radius 1 is 1.07 bits per heavy atom. The Morgan fingerprint density at radius 3 is 2.52 bits per heavy atom. The molecule has 0 saturated heterocycles. The van der Waals surface area contributed by atoms with Gasteiger partial charge >= 0.3 is 0 Å². The van der Waals surface area contributed by atoms with E-state index in [2.05, 4.69) is 15.3 Å². The number of carbonyl (C=O) groups is 1. The van der Waals surface area contributed by atoms with Gasteiger partial charge in [-0.25, -0.2) is 4.98 Å². The third-order valence-electron chi connectivity index (χ3n) is 3.69. The highest BCUT2D eigenvalue weighted by Gasteiger charge is 2.21. The maximum atomic E-state index is 12.4. The van der Waals surface area contributed by atoms with Crippen molar-refractivity contribution in [1.29, 1.82) is 0 Å². The van der Waals surface area contributed by atoms with E-state index in [1.54, 1.807) is 0 Å². The summed E-state index contributed by atoms with van der Waals surface area (Å²) in [6, 6.07) is 14.5. The van der Waals surface area contributed by atoms with Crippen molar-refractivity contribution in [3.8, 4) is 23.0 Å². The Bertz CT molecular complexity index is 1010. The monoisotopic (exact) mass is 366 g/mol. The minimum absolute atomic E-state index is 0.126. The maximum Gasteiger partial charge on any atom is 0.274 e. The lowest BCUT2D eigenvalue weighted by Crippen LogP contribution is -2.24. The second-order valence-corrected chi connectivity index (χ2v) is 5.54. The van der Waals surface area contributed by atoms with Gasteiger partial charge in [0, 0.05) is 24.2 Å². The zero-order valence-electron chi connectivity index (χ0n) is 13.9. The molecule has 136 valence electrons. The van der Waals surface area contributed by atoms with Crippen LogP contribution in [0.25, 0.3) is 11.4 Å². The van der Waals surface area contributed by atoms with E-state index < -0.39 is 28.2 Å². The molecule has 0 spiro atoms.